The molecule has 2 N–H and O–H groups in total. The smallest absolute Gasteiger partial charge is 0.248 e. The maximum absolute atomic E-state index is 9.72. The lowest BCUT2D eigenvalue weighted by molar-refractivity contribution is 0.414. The van der Waals surface area contributed by atoms with Crippen LogP contribution in [0.5, 0.6) is 23.0 Å². The first-order valence-corrected chi connectivity index (χ1v) is 40.8. The zero-order valence-electron chi connectivity index (χ0n) is 67.7. The topological polar surface area (TPSA) is 234 Å². The third kappa shape index (κ3) is 14.4. The second kappa shape index (κ2) is 32.9. The predicted molar refractivity (Wildman–Crippen MR) is 494 cm³/mol. The number of hydrogen-bond donors (Lipinski definition) is 2. The van der Waals surface area contributed by atoms with E-state index in [9.17, 15) is 10.2 Å². The summed E-state index contributed by atoms with van der Waals surface area (Å²) in [5.74, 6) is 5.30. The van der Waals surface area contributed by atoms with E-state index in [0.717, 1.165) is 89.7 Å². The lowest BCUT2D eigenvalue weighted by Gasteiger charge is -2.08. The van der Waals surface area contributed by atoms with Crippen molar-refractivity contribution in [3.05, 3.63) is 388 Å². The Balaban J connectivity index is 0.000000103. The lowest BCUT2D eigenvalue weighted by atomic mass is 10.2. The minimum Gasteiger partial charge on any atom is -0.508 e. The van der Waals surface area contributed by atoms with Gasteiger partial charge in [0, 0.05) is 110 Å². The zero-order valence-corrected chi connectivity index (χ0v) is 67.7. The van der Waals surface area contributed by atoms with Crippen LogP contribution in [0.15, 0.2) is 406 Å². The standard InChI is InChI=1S/2C27H19N3O2.2C26H17N3O2/c1-31-21-11-7-9-19(17-21)27-29-28-26(32-27)18-8-6-10-20(16-18)30-24-14-4-2-12-22(24)23-13-3-5-15-25(23)30;1-31-21-8-6-7-19(17-21)27-29-28-26(32-27)18-13-15-20(16-14-18)30-24-11-4-2-9-22(24)23-10-3-5-12-25(23)30;30-20-10-6-8-18(16-20)26-28-27-25(31-26)17-7-5-9-19(15-17)29-23-13-3-1-11-21(23)22-12-2-4-14-24(22)29;30-20-7-5-6-18(16-20)26-28-27-25(31-26)17-12-14-19(15-13-17)29-23-10-3-1-8-21(23)22-9-2-4-11-24(22)29/h2*2-17H,1H3;2*1-16,30H. The Labute approximate surface area is 719 Å². The molecular weight excluding hydrogens is 1570 g/mol. The van der Waals surface area contributed by atoms with Gasteiger partial charge in [-0.25, -0.2) is 0 Å². The fourth-order valence-electron chi connectivity index (χ4n) is 16.5. The van der Waals surface area contributed by atoms with Crippen molar-refractivity contribution in [2.75, 3.05) is 14.2 Å². The molecular formula is C106H72N12O8. The number of phenolic OH excluding ortho intramolecular Hbond substituents is 2. The molecule has 20 heteroatoms. The van der Waals surface area contributed by atoms with Crippen LogP contribution in [0.4, 0.5) is 0 Å². The van der Waals surface area contributed by atoms with Gasteiger partial charge in [-0.15, -0.1) is 40.8 Å². The molecule has 0 spiro atoms. The minimum absolute atomic E-state index is 0.158. The number of phenols is 2. The fraction of sp³-hybridized carbons (Fsp3) is 0.0189. The average Bonchev–Trinajstić information content (AvgIpc) is 1.61. The molecule has 0 atom stereocenters. The van der Waals surface area contributed by atoms with Crippen molar-refractivity contribution in [3.8, 4) is 137 Å². The van der Waals surface area contributed by atoms with Gasteiger partial charge in [0.25, 0.3) is 0 Å². The molecule has 0 saturated carbocycles. The molecule has 0 unspecified atom stereocenters. The molecule has 0 aliphatic carbocycles. The summed E-state index contributed by atoms with van der Waals surface area (Å²) in [4.78, 5) is 0. The van der Waals surface area contributed by atoms with Gasteiger partial charge in [0.05, 0.1) is 58.4 Å². The molecule has 0 amide bonds. The maximum Gasteiger partial charge on any atom is 0.248 e. The van der Waals surface area contributed by atoms with E-state index < -0.39 is 0 Å². The molecule has 8 heterocycles. The second-order valence-electron chi connectivity index (χ2n) is 29.9. The van der Waals surface area contributed by atoms with Gasteiger partial charge in [-0.3, -0.25) is 0 Å². The number of fused-ring (bicyclic) bond motifs is 12. The quantitative estimate of drug-likeness (QED) is 0.103. The monoisotopic (exact) mass is 1640 g/mol. The highest BCUT2D eigenvalue weighted by Crippen LogP contribution is 2.40. The highest BCUT2D eigenvalue weighted by Gasteiger charge is 2.22. The van der Waals surface area contributed by atoms with Gasteiger partial charge < -0.3 is 55.6 Å². The molecule has 126 heavy (non-hydrogen) atoms. The Kier molecular flexibility index (Phi) is 19.8. The summed E-state index contributed by atoms with van der Waals surface area (Å²) in [5, 5.41) is 62.9. The van der Waals surface area contributed by atoms with Crippen LogP contribution in [0.3, 0.4) is 0 Å². The first-order valence-electron chi connectivity index (χ1n) is 40.8. The van der Waals surface area contributed by atoms with Crippen molar-refractivity contribution in [2.24, 2.45) is 0 Å². The average molecular weight is 1640 g/mol. The molecule has 604 valence electrons. The van der Waals surface area contributed by atoms with Gasteiger partial charge in [0.1, 0.15) is 23.0 Å². The molecule has 0 saturated heterocycles. The van der Waals surface area contributed by atoms with Crippen LogP contribution in [-0.4, -0.2) is 83.5 Å². The van der Waals surface area contributed by atoms with Crippen LogP contribution in [0.1, 0.15) is 0 Å². The van der Waals surface area contributed by atoms with E-state index in [4.69, 9.17) is 27.1 Å². The molecule has 0 aliphatic rings. The van der Waals surface area contributed by atoms with E-state index in [2.05, 4.69) is 302 Å². The minimum atomic E-state index is 0.158. The van der Waals surface area contributed by atoms with Gasteiger partial charge in [-0.2, -0.15) is 0 Å². The van der Waals surface area contributed by atoms with Gasteiger partial charge in [-0.05, 0) is 206 Å². The number of para-hydroxylation sites is 8. The van der Waals surface area contributed by atoms with Crippen LogP contribution in [-0.2, 0) is 0 Å². The van der Waals surface area contributed by atoms with E-state index in [1.807, 2.05) is 109 Å². The first kappa shape index (κ1) is 75.9. The second-order valence-corrected chi connectivity index (χ2v) is 29.9. The Bertz CT molecular complexity index is 7940. The summed E-state index contributed by atoms with van der Waals surface area (Å²) in [7, 11) is 3.27. The van der Waals surface area contributed by atoms with Gasteiger partial charge in [-0.1, -0.05) is 182 Å². The van der Waals surface area contributed by atoms with E-state index in [0.29, 0.717) is 58.3 Å². The summed E-state index contributed by atoms with van der Waals surface area (Å²) in [6.07, 6.45) is 0. The van der Waals surface area contributed by atoms with Crippen molar-refractivity contribution >= 4 is 87.2 Å². The fourth-order valence-corrected chi connectivity index (χ4v) is 16.5. The molecule has 20 nitrogen and oxygen atoms in total. The normalized spacial score (nSPS) is 11.3. The number of ether oxygens (including phenoxy) is 2. The van der Waals surface area contributed by atoms with Crippen LogP contribution in [0, 0.1) is 0 Å². The van der Waals surface area contributed by atoms with Crippen LogP contribution < -0.4 is 9.47 Å². The number of benzene rings is 16. The summed E-state index contributed by atoms with van der Waals surface area (Å²) in [6, 6.07) is 129. The number of hydrogen-bond acceptors (Lipinski definition) is 16. The summed E-state index contributed by atoms with van der Waals surface area (Å²) >= 11 is 0. The third-order valence-corrected chi connectivity index (χ3v) is 22.3. The van der Waals surface area contributed by atoms with E-state index >= 15 is 0 Å². The highest BCUT2D eigenvalue weighted by molar-refractivity contribution is 6.12. The van der Waals surface area contributed by atoms with Gasteiger partial charge in [0.15, 0.2) is 0 Å². The van der Waals surface area contributed by atoms with Crippen molar-refractivity contribution in [1.29, 1.82) is 0 Å². The van der Waals surface area contributed by atoms with E-state index in [1.54, 1.807) is 50.6 Å². The Morgan fingerprint density at radius 1 is 0.190 bits per heavy atom. The number of rotatable bonds is 14. The van der Waals surface area contributed by atoms with Crippen LogP contribution in [0.25, 0.3) is 202 Å². The SMILES string of the molecule is COc1cccc(-c2nnc(-c3ccc(-n4c5ccccc5c5ccccc54)cc3)o2)c1.COc1cccc(-c2nnc(-c3cccc(-n4c5ccccc5c5ccccc54)c3)o2)c1.Oc1cccc(-c2nnc(-c3ccc(-n4c5ccccc5c5ccccc54)cc3)o2)c1.Oc1cccc(-c2nnc(-c3cccc(-n4c5ccccc5c5ccccc54)c3)o2)c1. The van der Waals surface area contributed by atoms with Crippen LogP contribution in [0.2, 0.25) is 0 Å². The first-order chi connectivity index (χ1) is 62.2. The van der Waals surface area contributed by atoms with E-state index in [1.165, 1.54) is 65.2 Å². The zero-order chi connectivity index (χ0) is 84.6. The van der Waals surface area contributed by atoms with Gasteiger partial charge in [0.2, 0.25) is 47.1 Å². The number of methoxy groups -OCH3 is 2. The molecule has 0 fully saturated rings. The van der Waals surface area contributed by atoms with Crippen molar-refractivity contribution in [2.45, 2.75) is 0 Å². The third-order valence-electron chi connectivity index (χ3n) is 22.3. The molecule has 8 aromatic heterocycles. The Morgan fingerprint density at radius 2 is 0.397 bits per heavy atom. The number of nitrogens with zero attached hydrogens (tertiary/aromatic N) is 12. The summed E-state index contributed by atoms with van der Waals surface area (Å²) < 4.78 is 43.4. The Hall–Kier alpha value is -17.5. The summed E-state index contributed by atoms with van der Waals surface area (Å²) in [5.41, 5.74) is 19.9. The molecule has 0 radical (unpaired) electrons. The Morgan fingerprint density at radius 3 is 0.643 bits per heavy atom. The summed E-state index contributed by atoms with van der Waals surface area (Å²) in [6.45, 7) is 0. The molecule has 24 aromatic rings. The van der Waals surface area contributed by atoms with Crippen molar-refractivity contribution in [3.63, 3.8) is 0 Å². The van der Waals surface area contributed by atoms with Crippen LogP contribution >= 0.6 is 0 Å². The predicted octanol–water partition coefficient (Wildman–Crippen LogP) is 25.4. The molecule has 0 aliphatic heterocycles. The van der Waals surface area contributed by atoms with Gasteiger partial charge >= 0.3 is 0 Å². The van der Waals surface area contributed by atoms with Crippen molar-refractivity contribution < 1.29 is 37.4 Å². The van der Waals surface area contributed by atoms with Crippen molar-refractivity contribution in [1.82, 2.24) is 59.1 Å². The number of aromatic hydroxyl groups is 2. The van der Waals surface area contributed by atoms with E-state index in [-0.39, 0.29) is 11.5 Å². The largest absolute Gasteiger partial charge is 0.508 e. The number of aromatic nitrogens is 12. The molecule has 16 aromatic carbocycles. The molecule has 24 rings (SSSR count). The lowest BCUT2D eigenvalue weighted by Crippen LogP contribution is -1.94. The maximum atomic E-state index is 9.72. The highest BCUT2D eigenvalue weighted by atomic mass is 16.5. The molecule has 0 bridgehead atoms.